The molecule has 134 valence electrons. The van der Waals surface area contributed by atoms with Gasteiger partial charge in [-0.25, -0.2) is 4.98 Å². The SMILES string of the molecule is Nc1ccccc1NC(=O)c1ccc(CSc2nc3ccccc3s2)cc1. The van der Waals surface area contributed by atoms with E-state index in [0.29, 0.717) is 16.9 Å². The van der Waals surface area contributed by atoms with Crippen LogP contribution >= 0.6 is 23.1 Å². The summed E-state index contributed by atoms with van der Waals surface area (Å²) in [4.78, 5) is 17.0. The first-order valence-corrected chi connectivity index (χ1v) is 10.2. The lowest BCUT2D eigenvalue weighted by Gasteiger charge is -2.08. The number of carbonyl (C=O) groups excluding carboxylic acids is 1. The van der Waals surface area contributed by atoms with E-state index in [2.05, 4.69) is 16.4 Å². The van der Waals surface area contributed by atoms with Gasteiger partial charge < -0.3 is 11.1 Å². The van der Waals surface area contributed by atoms with Crippen LogP contribution in [-0.4, -0.2) is 10.9 Å². The highest BCUT2D eigenvalue weighted by Gasteiger charge is 2.09. The highest BCUT2D eigenvalue weighted by atomic mass is 32.2. The van der Waals surface area contributed by atoms with Crippen LogP contribution in [0.25, 0.3) is 10.2 Å². The maximum Gasteiger partial charge on any atom is 0.255 e. The summed E-state index contributed by atoms with van der Waals surface area (Å²) >= 11 is 3.41. The van der Waals surface area contributed by atoms with Gasteiger partial charge in [-0.3, -0.25) is 4.79 Å². The molecule has 1 heterocycles. The van der Waals surface area contributed by atoms with Crippen LogP contribution in [0, 0.1) is 0 Å². The molecule has 0 aliphatic heterocycles. The van der Waals surface area contributed by atoms with Gasteiger partial charge in [-0.1, -0.05) is 48.2 Å². The van der Waals surface area contributed by atoms with Crippen molar-refractivity contribution in [3.8, 4) is 0 Å². The Morgan fingerprint density at radius 3 is 2.52 bits per heavy atom. The molecule has 1 amide bonds. The second kappa shape index (κ2) is 7.82. The van der Waals surface area contributed by atoms with Crippen molar-refractivity contribution in [1.82, 2.24) is 4.98 Å². The molecule has 0 saturated heterocycles. The van der Waals surface area contributed by atoms with E-state index < -0.39 is 0 Å². The number of hydrogen-bond acceptors (Lipinski definition) is 5. The molecule has 0 saturated carbocycles. The monoisotopic (exact) mass is 391 g/mol. The molecule has 0 spiro atoms. The van der Waals surface area contributed by atoms with Crippen LogP contribution in [0.3, 0.4) is 0 Å². The topological polar surface area (TPSA) is 68.0 Å². The minimum Gasteiger partial charge on any atom is -0.397 e. The van der Waals surface area contributed by atoms with Gasteiger partial charge in [0.1, 0.15) is 0 Å². The van der Waals surface area contributed by atoms with Crippen molar-refractivity contribution in [2.24, 2.45) is 0 Å². The number of rotatable bonds is 5. The lowest BCUT2D eigenvalue weighted by atomic mass is 10.1. The number of nitrogens with two attached hydrogens (primary N) is 1. The largest absolute Gasteiger partial charge is 0.397 e. The van der Waals surface area contributed by atoms with Gasteiger partial charge in [0.15, 0.2) is 4.34 Å². The Morgan fingerprint density at radius 1 is 1.00 bits per heavy atom. The summed E-state index contributed by atoms with van der Waals surface area (Å²) < 4.78 is 2.25. The van der Waals surface area contributed by atoms with E-state index in [0.717, 1.165) is 21.2 Å². The van der Waals surface area contributed by atoms with E-state index in [1.807, 2.05) is 54.6 Å². The molecule has 27 heavy (non-hydrogen) atoms. The fourth-order valence-electron chi connectivity index (χ4n) is 2.62. The number of amides is 1. The van der Waals surface area contributed by atoms with Crippen LogP contribution in [0.4, 0.5) is 11.4 Å². The molecule has 0 fully saturated rings. The van der Waals surface area contributed by atoms with Gasteiger partial charge in [0.25, 0.3) is 5.91 Å². The van der Waals surface area contributed by atoms with Crippen molar-refractivity contribution < 1.29 is 4.79 Å². The zero-order chi connectivity index (χ0) is 18.6. The molecule has 0 radical (unpaired) electrons. The van der Waals surface area contributed by atoms with Gasteiger partial charge in [-0.2, -0.15) is 0 Å². The van der Waals surface area contributed by atoms with Crippen molar-refractivity contribution in [1.29, 1.82) is 0 Å². The molecular formula is C21H17N3OS2. The summed E-state index contributed by atoms with van der Waals surface area (Å²) in [6, 6.07) is 23.0. The van der Waals surface area contributed by atoms with E-state index in [-0.39, 0.29) is 5.91 Å². The first-order chi connectivity index (χ1) is 13.2. The standard InChI is InChI=1S/C21H17N3OS2/c22-16-5-1-2-6-17(16)23-20(25)15-11-9-14(10-12-15)13-26-21-24-18-7-3-4-8-19(18)27-21/h1-12H,13,22H2,(H,23,25). The molecule has 3 aromatic carbocycles. The second-order valence-corrected chi connectivity index (χ2v) is 8.23. The van der Waals surface area contributed by atoms with Crippen molar-refractivity contribution >= 4 is 50.6 Å². The number of nitrogens with one attached hydrogen (secondary N) is 1. The number of thioether (sulfide) groups is 1. The average molecular weight is 392 g/mol. The smallest absolute Gasteiger partial charge is 0.255 e. The summed E-state index contributed by atoms with van der Waals surface area (Å²) in [6.45, 7) is 0. The maximum absolute atomic E-state index is 12.4. The van der Waals surface area contributed by atoms with Crippen LogP contribution in [0.2, 0.25) is 0 Å². The van der Waals surface area contributed by atoms with Gasteiger partial charge in [-0.15, -0.1) is 11.3 Å². The van der Waals surface area contributed by atoms with Gasteiger partial charge in [-0.05, 0) is 42.0 Å². The lowest BCUT2D eigenvalue weighted by Crippen LogP contribution is -2.13. The number of benzene rings is 3. The Labute approximate surface area is 165 Å². The number of hydrogen-bond donors (Lipinski definition) is 2. The zero-order valence-corrected chi connectivity index (χ0v) is 16.0. The zero-order valence-electron chi connectivity index (χ0n) is 14.4. The number of fused-ring (bicyclic) bond motifs is 1. The third kappa shape index (κ3) is 4.13. The van der Waals surface area contributed by atoms with Crippen LogP contribution in [-0.2, 0) is 5.75 Å². The Kier molecular flexibility index (Phi) is 5.09. The first kappa shape index (κ1) is 17.6. The Balaban J connectivity index is 1.39. The Hall–Kier alpha value is -2.83. The van der Waals surface area contributed by atoms with Crippen LogP contribution in [0.1, 0.15) is 15.9 Å². The average Bonchev–Trinajstić information content (AvgIpc) is 3.11. The molecule has 0 atom stereocenters. The molecule has 0 aliphatic carbocycles. The summed E-state index contributed by atoms with van der Waals surface area (Å²) in [5.41, 5.74) is 9.84. The Bertz CT molecular complexity index is 1060. The molecule has 1 aromatic heterocycles. The van der Waals surface area contributed by atoms with Crippen molar-refractivity contribution in [2.75, 3.05) is 11.1 Å². The number of thiazole rings is 1. The van der Waals surface area contributed by atoms with E-state index in [1.165, 1.54) is 4.70 Å². The minimum atomic E-state index is -0.168. The number of para-hydroxylation sites is 3. The summed E-state index contributed by atoms with van der Waals surface area (Å²) in [5, 5.41) is 2.84. The fraction of sp³-hybridized carbons (Fsp3) is 0.0476. The quantitative estimate of drug-likeness (QED) is 0.352. The van der Waals surface area contributed by atoms with E-state index in [1.54, 1.807) is 35.2 Å². The highest BCUT2D eigenvalue weighted by Crippen LogP contribution is 2.31. The number of aromatic nitrogens is 1. The minimum absolute atomic E-state index is 0.168. The van der Waals surface area contributed by atoms with E-state index in [9.17, 15) is 4.79 Å². The Morgan fingerprint density at radius 2 is 1.74 bits per heavy atom. The number of nitrogens with zero attached hydrogens (tertiary/aromatic N) is 1. The van der Waals surface area contributed by atoms with Crippen LogP contribution in [0.15, 0.2) is 77.1 Å². The molecule has 3 N–H and O–H groups in total. The van der Waals surface area contributed by atoms with Crippen LogP contribution < -0.4 is 11.1 Å². The summed E-state index contributed by atoms with van der Waals surface area (Å²) in [6.07, 6.45) is 0. The molecule has 4 nitrogen and oxygen atoms in total. The predicted octanol–water partition coefficient (Wildman–Crippen LogP) is 5.42. The van der Waals surface area contributed by atoms with Crippen molar-refractivity contribution in [3.05, 3.63) is 83.9 Å². The predicted molar refractivity (Wildman–Crippen MR) is 114 cm³/mol. The van der Waals surface area contributed by atoms with Crippen molar-refractivity contribution in [3.63, 3.8) is 0 Å². The fourth-order valence-corrected chi connectivity index (χ4v) is 4.64. The van der Waals surface area contributed by atoms with Gasteiger partial charge in [0.2, 0.25) is 0 Å². The highest BCUT2D eigenvalue weighted by molar-refractivity contribution is 8.00. The normalized spacial score (nSPS) is 10.8. The van der Waals surface area contributed by atoms with Crippen LogP contribution in [0.5, 0.6) is 0 Å². The first-order valence-electron chi connectivity index (χ1n) is 8.42. The third-order valence-electron chi connectivity index (χ3n) is 4.06. The molecule has 4 aromatic rings. The van der Waals surface area contributed by atoms with Gasteiger partial charge in [0, 0.05) is 11.3 Å². The van der Waals surface area contributed by atoms with Crippen molar-refractivity contribution in [2.45, 2.75) is 10.1 Å². The molecule has 4 rings (SSSR count). The molecule has 0 aliphatic rings. The summed E-state index contributed by atoms with van der Waals surface area (Å²) in [7, 11) is 0. The molecule has 0 unspecified atom stereocenters. The van der Waals surface area contributed by atoms with E-state index in [4.69, 9.17) is 5.73 Å². The number of carbonyl (C=O) groups is 1. The molecule has 6 heteroatoms. The number of anilines is 2. The summed E-state index contributed by atoms with van der Waals surface area (Å²) in [5.74, 6) is 0.645. The molecule has 0 bridgehead atoms. The third-order valence-corrected chi connectivity index (χ3v) is 6.31. The van der Waals surface area contributed by atoms with E-state index >= 15 is 0 Å². The maximum atomic E-state index is 12.4. The second-order valence-electron chi connectivity index (χ2n) is 5.97. The number of nitrogen functional groups attached to an aromatic ring is 1. The van der Waals surface area contributed by atoms with Gasteiger partial charge in [0.05, 0.1) is 21.6 Å². The molecular weight excluding hydrogens is 374 g/mol. The lowest BCUT2D eigenvalue weighted by molar-refractivity contribution is 0.102. The van der Waals surface area contributed by atoms with Gasteiger partial charge >= 0.3 is 0 Å².